The Labute approximate surface area is 98.9 Å². The highest BCUT2D eigenvalue weighted by Crippen LogP contribution is 2.32. The number of carbonyl (C=O) groups excluding carboxylic acids is 1. The molecule has 0 unspecified atom stereocenters. The quantitative estimate of drug-likeness (QED) is 0.752. The van der Waals surface area contributed by atoms with E-state index in [-0.39, 0.29) is 11.9 Å². The van der Waals surface area contributed by atoms with Gasteiger partial charge in [-0.3, -0.25) is 4.79 Å². The molecule has 0 spiro atoms. The summed E-state index contributed by atoms with van der Waals surface area (Å²) in [6.45, 7) is 2.04. The van der Waals surface area contributed by atoms with Crippen LogP contribution in [0.3, 0.4) is 0 Å². The standard InChI is InChI=1S/C13H12N2O2/c1-9-6-10-4-2-3-5-12(10)15(9)13(16)11-7-17-8-14-11/h2-5,7-9H,6H2,1H3/t9-/m0/s1. The molecule has 2 aromatic rings. The summed E-state index contributed by atoms with van der Waals surface area (Å²) in [5.74, 6) is -0.101. The first-order chi connectivity index (χ1) is 8.27. The van der Waals surface area contributed by atoms with Crippen LogP contribution in [0.4, 0.5) is 5.69 Å². The van der Waals surface area contributed by atoms with Gasteiger partial charge in [0.2, 0.25) is 0 Å². The Kier molecular flexibility index (Phi) is 2.21. The van der Waals surface area contributed by atoms with E-state index >= 15 is 0 Å². The van der Waals surface area contributed by atoms with Crippen LogP contribution in [0.1, 0.15) is 23.0 Å². The van der Waals surface area contributed by atoms with Gasteiger partial charge in [0.15, 0.2) is 12.1 Å². The highest BCUT2D eigenvalue weighted by molar-refractivity contribution is 6.06. The maximum absolute atomic E-state index is 12.3. The van der Waals surface area contributed by atoms with E-state index in [1.807, 2.05) is 25.1 Å². The summed E-state index contributed by atoms with van der Waals surface area (Å²) in [5.41, 5.74) is 2.54. The largest absolute Gasteiger partial charge is 0.451 e. The Hall–Kier alpha value is -2.10. The van der Waals surface area contributed by atoms with Crippen molar-refractivity contribution in [3.05, 3.63) is 48.2 Å². The molecule has 1 aromatic carbocycles. The molecule has 4 heteroatoms. The molecule has 0 bridgehead atoms. The molecule has 1 amide bonds. The second-order valence-corrected chi connectivity index (χ2v) is 4.23. The molecule has 4 nitrogen and oxygen atoms in total. The number of fused-ring (bicyclic) bond motifs is 1. The Morgan fingerprint density at radius 1 is 1.47 bits per heavy atom. The van der Waals surface area contributed by atoms with Gasteiger partial charge in [-0.15, -0.1) is 0 Å². The zero-order valence-electron chi connectivity index (χ0n) is 9.46. The predicted molar refractivity (Wildman–Crippen MR) is 62.9 cm³/mol. The summed E-state index contributed by atoms with van der Waals surface area (Å²) in [6, 6.07) is 8.13. The fraction of sp³-hybridized carbons (Fsp3) is 0.231. The lowest BCUT2D eigenvalue weighted by molar-refractivity contribution is 0.0976. The van der Waals surface area contributed by atoms with Gasteiger partial charge in [-0.1, -0.05) is 18.2 Å². The minimum absolute atomic E-state index is 0.101. The molecule has 1 aromatic heterocycles. The molecule has 0 N–H and O–H groups in total. The van der Waals surface area contributed by atoms with E-state index in [1.54, 1.807) is 4.90 Å². The molecular weight excluding hydrogens is 216 g/mol. The third-order valence-electron chi connectivity index (χ3n) is 3.08. The number of oxazole rings is 1. The molecule has 86 valence electrons. The number of carbonyl (C=O) groups is 1. The molecule has 3 rings (SSSR count). The number of anilines is 1. The second-order valence-electron chi connectivity index (χ2n) is 4.23. The zero-order chi connectivity index (χ0) is 11.8. The zero-order valence-corrected chi connectivity index (χ0v) is 9.46. The van der Waals surface area contributed by atoms with Crippen molar-refractivity contribution in [3.8, 4) is 0 Å². The molecule has 0 fully saturated rings. The van der Waals surface area contributed by atoms with Gasteiger partial charge in [0, 0.05) is 11.7 Å². The van der Waals surface area contributed by atoms with Crippen molar-refractivity contribution in [2.75, 3.05) is 4.90 Å². The van der Waals surface area contributed by atoms with E-state index in [2.05, 4.69) is 11.1 Å². The van der Waals surface area contributed by atoms with E-state index in [9.17, 15) is 4.79 Å². The normalized spacial score (nSPS) is 18.2. The van der Waals surface area contributed by atoms with Crippen molar-refractivity contribution < 1.29 is 9.21 Å². The molecule has 0 radical (unpaired) electrons. The number of amides is 1. The number of aromatic nitrogens is 1. The van der Waals surface area contributed by atoms with E-state index < -0.39 is 0 Å². The lowest BCUT2D eigenvalue weighted by Crippen LogP contribution is -2.35. The van der Waals surface area contributed by atoms with Crippen LogP contribution in [0, 0.1) is 0 Å². The number of rotatable bonds is 1. The van der Waals surface area contributed by atoms with Gasteiger partial charge >= 0.3 is 0 Å². The van der Waals surface area contributed by atoms with Crippen molar-refractivity contribution in [1.82, 2.24) is 4.98 Å². The first-order valence-electron chi connectivity index (χ1n) is 5.57. The van der Waals surface area contributed by atoms with Crippen LogP contribution in [-0.2, 0) is 6.42 Å². The first kappa shape index (κ1) is 10.1. The summed E-state index contributed by atoms with van der Waals surface area (Å²) in [5, 5.41) is 0. The van der Waals surface area contributed by atoms with Crippen molar-refractivity contribution >= 4 is 11.6 Å². The maximum atomic E-state index is 12.3. The topological polar surface area (TPSA) is 46.3 Å². The monoisotopic (exact) mass is 228 g/mol. The van der Waals surface area contributed by atoms with E-state index in [4.69, 9.17) is 4.42 Å². The summed E-state index contributed by atoms with van der Waals surface area (Å²) < 4.78 is 4.86. The SMILES string of the molecule is C[C@H]1Cc2ccccc2N1C(=O)c1cocn1. The summed E-state index contributed by atoms with van der Waals surface area (Å²) in [4.78, 5) is 18.0. The predicted octanol–water partition coefficient (Wildman–Crippen LogP) is 2.27. The smallest absolute Gasteiger partial charge is 0.280 e. The number of hydrogen-bond donors (Lipinski definition) is 0. The van der Waals surface area contributed by atoms with Crippen molar-refractivity contribution in [2.45, 2.75) is 19.4 Å². The molecule has 0 saturated heterocycles. The van der Waals surface area contributed by atoms with Crippen LogP contribution in [0.25, 0.3) is 0 Å². The Balaban J connectivity index is 2.01. The molecule has 1 aliphatic rings. The Bertz CT molecular complexity index is 548. The minimum Gasteiger partial charge on any atom is -0.451 e. The molecule has 0 saturated carbocycles. The Morgan fingerprint density at radius 2 is 2.29 bits per heavy atom. The molecule has 1 atom stereocenters. The first-order valence-corrected chi connectivity index (χ1v) is 5.57. The van der Waals surface area contributed by atoms with Crippen molar-refractivity contribution in [3.63, 3.8) is 0 Å². The molecule has 1 aliphatic heterocycles. The minimum atomic E-state index is -0.101. The van der Waals surface area contributed by atoms with Gasteiger partial charge in [0.05, 0.1) is 0 Å². The summed E-state index contributed by atoms with van der Waals surface area (Å²) in [6.07, 6.45) is 3.55. The van der Waals surface area contributed by atoms with Gasteiger partial charge in [0.25, 0.3) is 5.91 Å². The number of benzene rings is 1. The second kappa shape index (κ2) is 3.73. The van der Waals surface area contributed by atoms with E-state index in [0.29, 0.717) is 5.69 Å². The van der Waals surface area contributed by atoms with Gasteiger partial charge in [-0.05, 0) is 25.0 Å². The third kappa shape index (κ3) is 1.53. The Morgan fingerprint density at radius 3 is 3.06 bits per heavy atom. The van der Waals surface area contributed by atoms with Crippen LogP contribution in [0.15, 0.2) is 41.3 Å². The van der Waals surface area contributed by atoms with E-state index in [0.717, 1.165) is 12.1 Å². The summed E-state index contributed by atoms with van der Waals surface area (Å²) in [7, 11) is 0. The van der Waals surface area contributed by atoms with Gasteiger partial charge in [0.1, 0.15) is 6.26 Å². The number of hydrogen-bond acceptors (Lipinski definition) is 3. The lowest BCUT2D eigenvalue weighted by atomic mass is 10.1. The average molecular weight is 228 g/mol. The van der Waals surface area contributed by atoms with Crippen LogP contribution in [-0.4, -0.2) is 16.9 Å². The molecular formula is C13H12N2O2. The maximum Gasteiger partial charge on any atom is 0.280 e. The van der Waals surface area contributed by atoms with Gasteiger partial charge in [-0.2, -0.15) is 0 Å². The van der Waals surface area contributed by atoms with Crippen molar-refractivity contribution in [2.24, 2.45) is 0 Å². The van der Waals surface area contributed by atoms with Crippen LogP contribution >= 0.6 is 0 Å². The fourth-order valence-corrected chi connectivity index (χ4v) is 2.32. The molecule has 2 heterocycles. The van der Waals surface area contributed by atoms with Gasteiger partial charge < -0.3 is 9.32 Å². The van der Waals surface area contributed by atoms with Gasteiger partial charge in [-0.25, -0.2) is 4.98 Å². The van der Waals surface area contributed by atoms with Crippen molar-refractivity contribution in [1.29, 1.82) is 0 Å². The fourth-order valence-electron chi connectivity index (χ4n) is 2.32. The van der Waals surface area contributed by atoms with E-state index in [1.165, 1.54) is 18.2 Å². The number of nitrogens with zero attached hydrogens (tertiary/aromatic N) is 2. The third-order valence-corrected chi connectivity index (χ3v) is 3.08. The highest BCUT2D eigenvalue weighted by Gasteiger charge is 2.32. The lowest BCUT2D eigenvalue weighted by Gasteiger charge is -2.21. The molecule has 17 heavy (non-hydrogen) atoms. The van der Waals surface area contributed by atoms with Crippen LogP contribution < -0.4 is 4.90 Å². The summed E-state index contributed by atoms with van der Waals surface area (Å²) >= 11 is 0. The molecule has 0 aliphatic carbocycles. The highest BCUT2D eigenvalue weighted by atomic mass is 16.3. The average Bonchev–Trinajstić information content (AvgIpc) is 2.94. The van der Waals surface area contributed by atoms with Crippen LogP contribution in [0.5, 0.6) is 0 Å². The number of para-hydroxylation sites is 1. The van der Waals surface area contributed by atoms with Crippen LogP contribution in [0.2, 0.25) is 0 Å².